The van der Waals surface area contributed by atoms with Crippen LogP contribution in [0.4, 0.5) is 0 Å². The normalized spacial score (nSPS) is 28.8. The fourth-order valence-corrected chi connectivity index (χ4v) is 6.18. The van der Waals surface area contributed by atoms with Gasteiger partial charge in [-0.1, -0.05) is 31.5 Å². The molecule has 7 nitrogen and oxygen atoms in total. The molecule has 0 unspecified atom stereocenters. The summed E-state index contributed by atoms with van der Waals surface area (Å²) in [5.74, 6) is 1.83. The van der Waals surface area contributed by atoms with Gasteiger partial charge in [-0.05, 0) is 25.2 Å². The number of nitrogens with one attached hydrogen (secondary N) is 1. The second-order valence-corrected chi connectivity index (χ2v) is 10.4. The highest BCUT2D eigenvalue weighted by Gasteiger charge is 2.32. The Kier molecular flexibility index (Phi) is 5.72. The third-order valence-electron chi connectivity index (χ3n) is 5.26. The number of hydrogen-bond donors (Lipinski definition) is 1. The van der Waals surface area contributed by atoms with Crippen molar-refractivity contribution in [2.75, 3.05) is 17.3 Å². The molecule has 2 fully saturated rings. The van der Waals surface area contributed by atoms with E-state index in [1.54, 1.807) is 0 Å². The second kappa shape index (κ2) is 7.65. The summed E-state index contributed by atoms with van der Waals surface area (Å²) in [7, 11) is -1.11. The molecule has 1 N–H and O–H groups in total. The van der Waals surface area contributed by atoms with Crippen LogP contribution in [-0.4, -0.2) is 52.4 Å². The van der Waals surface area contributed by atoms with Crippen molar-refractivity contribution in [3.8, 4) is 0 Å². The zero-order chi connectivity index (χ0) is 18.0. The van der Waals surface area contributed by atoms with Crippen LogP contribution in [0.3, 0.4) is 0 Å². The van der Waals surface area contributed by atoms with E-state index in [0.29, 0.717) is 29.1 Å². The predicted molar refractivity (Wildman–Crippen MR) is 97.3 cm³/mol. The zero-order valence-electron chi connectivity index (χ0n) is 14.8. The molecule has 3 atom stereocenters. The van der Waals surface area contributed by atoms with Crippen LogP contribution in [0.25, 0.3) is 0 Å². The molecule has 0 bridgehead atoms. The molecule has 2 heterocycles. The highest BCUT2D eigenvalue weighted by atomic mass is 32.2. The smallest absolute Gasteiger partial charge is 0.230 e. The first-order valence-corrected chi connectivity index (χ1v) is 11.7. The minimum atomic E-state index is -2.95. The van der Waals surface area contributed by atoms with E-state index in [0.717, 1.165) is 6.42 Å². The Morgan fingerprint density at radius 3 is 2.72 bits per heavy atom. The summed E-state index contributed by atoms with van der Waals surface area (Å²) < 4.78 is 25.1. The van der Waals surface area contributed by atoms with Gasteiger partial charge in [0.1, 0.15) is 5.82 Å². The molecule has 3 rings (SSSR count). The molecular formula is C16H26N4O3S2. The van der Waals surface area contributed by atoms with Crippen LogP contribution in [0.5, 0.6) is 0 Å². The summed E-state index contributed by atoms with van der Waals surface area (Å²) in [4.78, 5) is 12.2. The zero-order valence-corrected chi connectivity index (χ0v) is 16.4. The van der Waals surface area contributed by atoms with Crippen molar-refractivity contribution >= 4 is 27.5 Å². The minimum absolute atomic E-state index is 0.0248. The fourth-order valence-electron chi connectivity index (χ4n) is 3.72. The van der Waals surface area contributed by atoms with Gasteiger partial charge in [0.15, 0.2) is 15.0 Å². The summed E-state index contributed by atoms with van der Waals surface area (Å²) in [6.07, 6.45) is 5.26. The molecule has 0 radical (unpaired) electrons. The quantitative estimate of drug-likeness (QED) is 0.771. The maximum absolute atomic E-state index is 12.2. The Hall–Kier alpha value is -1.09. The number of nitrogens with zero attached hydrogens (tertiary/aromatic N) is 3. The average Bonchev–Trinajstić information content (AvgIpc) is 3.10. The molecule has 140 valence electrons. The van der Waals surface area contributed by atoms with Crippen LogP contribution in [0, 0.1) is 5.92 Å². The molecule has 25 heavy (non-hydrogen) atoms. The largest absolute Gasteiger partial charge is 0.352 e. The van der Waals surface area contributed by atoms with Crippen molar-refractivity contribution in [3.63, 3.8) is 0 Å². The third-order valence-corrected chi connectivity index (χ3v) is 8.04. The number of aromatic nitrogens is 3. The topological polar surface area (TPSA) is 94.0 Å². The van der Waals surface area contributed by atoms with E-state index in [1.165, 1.54) is 31.0 Å². The molecule has 1 amide bonds. The SMILES string of the molecule is C[C@@H]1CCCC[C@@H]1NC(=O)CSc1nnc([C@@H]2CCS(=O)(=O)C2)n1C. The van der Waals surface area contributed by atoms with Gasteiger partial charge in [0.2, 0.25) is 5.91 Å². The first-order chi connectivity index (χ1) is 11.9. The molecule has 0 spiro atoms. The van der Waals surface area contributed by atoms with Gasteiger partial charge in [-0.15, -0.1) is 10.2 Å². The molecular weight excluding hydrogens is 360 g/mol. The van der Waals surface area contributed by atoms with Crippen LogP contribution in [0.1, 0.15) is 50.8 Å². The van der Waals surface area contributed by atoms with E-state index in [9.17, 15) is 13.2 Å². The summed E-state index contributed by atoms with van der Waals surface area (Å²) in [6.45, 7) is 2.20. The summed E-state index contributed by atoms with van der Waals surface area (Å²) in [5, 5.41) is 12.1. The van der Waals surface area contributed by atoms with E-state index in [4.69, 9.17) is 0 Å². The van der Waals surface area contributed by atoms with Gasteiger partial charge in [-0.2, -0.15) is 0 Å². The first kappa shape index (κ1) is 18.7. The number of hydrogen-bond acceptors (Lipinski definition) is 6. The second-order valence-electron chi connectivity index (χ2n) is 7.22. The van der Waals surface area contributed by atoms with Gasteiger partial charge in [-0.3, -0.25) is 4.79 Å². The molecule has 0 aromatic carbocycles. The van der Waals surface area contributed by atoms with E-state index < -0.39 is 9.84 Å². The van der Waals surface area contributed by atoms with E-state index in [-0.39, 0.29) is 29.4 Å². The van der Waals surface area contributed by atoms with Crippen LogP contribution in [0.2, 0.25) is 0 Å². The number of carbonyl (C=O) groups excluding carboxylic acids is 1. The molecule has 2 aliphatic rings. The Morgan fingerprint density at radius 1 is 1.28 bits per heavy atom. The van der Waals surface area contributed by atoms with Gasteiger partial charge >= 0.3 is 0 Å². The standard InChI is InChI=1S/C16H26N4O3S2/c1-11-5-3-4-6-13(11)17-14(21)9-24-16-19-18-15(20(16)2)12-7-8-25(22,23)10-12/h11-13H,3-10H2,1-2H3,(H,17,21)/t11-,12-,13+/m1/s1. The molecule has 1 saturated carbocycles. The number of carbonyl (C=O) groups is 1. The lowest BCUT2D eigenvalue weighted by Gasteiger charge is -2.29. The van der Waals surface area contributed by atoms with E-state index in [1.807, 2.05) is 11.6 Å². The van der Waals surface area contributed by atoms with Gasteiger partial charge in [0.05, 0.1) is 17.3 Å². The fraction of sp³-hybridized carbons (Fsp3) is 0.812. The lowest BCUT2D eigenvalue weighted by atomic mass is 9.86. The van der Waals surface area contributed by atoms with Crippen LogP contribution in [0.15, 0.2) is 5.16 Å². The summed E-state index contributed by atoms with van der Waals surface area (Å²) >= 11 is 1.35. The van der Waals surface area contributed by atoms with Crippen molar-refractivity contribution in [1.82, 2.24) is 20.1 Å². The molecule has 1 aliphatic carbocycles. The Labute approximate surface area is 153 Å². The number of sulfone groups is 1. The summed E-state index contributed by atoms with van der Waals surface area (Å²) in [6, 6.07) is 0.278. The van der Waals surface area contributed by atoms with Crippen molar-refractivity contribution in [3.05, 3.63) is 5.82 Å². The monoisotopic (exact) mass is 386 g/mol. The van der Waals surface area contributed by atoms with Gasteiger partial charge in [0, 0.05) is 19.0 Å². The summed E-state index contributed by atoms with van der Waals surface area (Å²) in [5.41, 5.74) is 0. The van der Waals surface area contributed by atoms with Crippen LogP contribution in [-0.2, 0) is 21.7 Å². The Morgan fingerprint density at radius 2 is 2.04 bits per heavy atom. The Balaban J connectivity index is 1.54. The highest BCUT2D eigenvalue weighted by Crippen LogP contribution is 2.29. The minimum Gasteiger partial charge on any atom is -0.352 e. The van der Waals surface area contributed by atoms with Gasteiger partial charge in [-0.25, -0.2) is 8.42 Å². The lowest BCUT2D eigenvalue weighted by molar-refractivity contribution is -0.119. The highest BCUT2D eigenvalue weighted by molar-refractivity contribution is 7.99. The molecule has 1 aliphatic heterocycles. The first-order valence-electron chi connectivity index (χ1n) is 8.87. The molecule has 1 aromatic rings. The van der Waals surface area contributed by atoms with Crippen molar-refractivity contribution in [1.29, 1.82) is 0 Å². The van der Waals surface area contributed by atoms with Crippen LogP contribution >= 0.6 is 11.8 Å². The maximum Gasteiger partial charge on any atom is 0.230 e. The molecule has 1 saturated heterocycles. The number of thioether (sulfide) groups is 1. The van der Waals surface area contributed by atoms with Crippen molar-refractivity contribution in [2.24, 2.45) is 13.0 Å². The lowest BCUT2D eigenvalue weighted by Crippen LogP contribution is -2.41. The van der Waals surface area contributed by atoms with Gasteiger partial charge in [0.25, 0.3) is 0 Å². The van der Waals surface area contributed by atoms with Crippen molar-refractivity contribution in [2.45, 2.75) is 56.1 Å². The van der Waals surface area contributed by atoms with E-state index in [2.05, 4.69) is 22.4 Å². The molecule has 1 aromatic heterocycles. The third kappa shape index (κ3) is 4.55. The van der Waals surface area contributed by atoms with Crippen molar-refractivity contribution < 1.29 is 13.2 Å². The number of rotatable bonds is 5. The molecule has 9 heteroatoms. The average molecular weight is 387 g/mol. The number of amides is 1. The van der Waals surface area contributed by atoms with Gasteiger partial charge < -0.3 is 9.88 Å². The van der Waals surface area contributed by atoms with E-state index >= 15 is 0 Å². The van der Waals surface area contributed by atoms with Crippen LogP contribution < -0.4 is 5.32 Å². The Bertz CT molecular complexity index is 732. The maximum atomic E-state index is 12.2. The predicted octanol–water partition coefficient (Wildman–Crippen LogP) is 1.50.